The molecule has 1 saturated heterocycles. The molecule has 19 heavy (non-hydrogen) atoms. The van der Waals surface area contributed by atoms with Crippen molar-refractivity contribution in [3.8, 4) is 0 Å². The lowest BCUT2D eigenvalue weighted by molar-refractivity contribution is -0.00189. The zero-order valence-electron chi connectivity index (χ0n) is 10.5. The number of hydrogen-bond donors (Lipinski definition) is 1. The van der Waals surface area contributed by atoms with Crippen LogP contribution in [-0.4, -0.2) is 42.0 Å². The fourth-order valence-corrected chi connectivity index (χ4v) is 3.57. The Hall–Kier alpha value is -0.880. The van der Waals surface area contributed by atoms with Crippen LogP contribution in [0.3, 0.4) is 0 Å². The molecular formula is C13H15ClN2O2S. The third-order valence-corrected chi connectivity index (χ3v) is 4.54. The molecule has 0 saturated carbocycles. The number of aliphatic hydroxyl groups is 1. The van der Waals surface area contributed by atoms with Crippen LogP contribution in [0, 0.1) is 0 Å². The SMILES string of the molecule is CCO[C@H]1CN(c2nc3ccc(Cl)cc3s2)C[C@@H]1O. The van der Waals surface area contributed by atoms with Gasteiger partial charge in [-0.25, -0.2) is 4.98 Å². The highest BCUT2D eigenvalue weighted by Crippen LogP contribution is 2.32. The Balaban J connectivity index is 1.85. The van der Waals surface area contributed by atoms with Crippen molar-refractivity contribution in [1.29, 1.82) is 0 Å². The molecule has 0 amide bonds. The van der Waals surface area contributed by atoms with Crippen LogP contribution in [0.5, 0.6) is 0 Å². The molecule has 1 aromatic carbocycles. The lowest BCUT2D eigenvalue weighted by Crippen LogP contribution is -2.26. The summed E-state index contributed by atoms with van der Waals surface area (Å²) in [6.45, 7) is 3.81. The van der Waals surface area contributed by atoms with E-state index in [0.717, 1.165) is 20.4 Å². The molecule has 0 aliphatic carbocycles. The highest BCUT2D eigenvalue weighted by molar-refractivity contribution is 7.22. The summed E-state index contributed by atoms with van der Waals surface area (Å²) in [6.07, 6.45) is -0.573. The predicted octanol–water partition coefficient (Wildman–Crippen LogP) is 2.54. The quantitative estimate of drug-likeness (QED) is 0.946. The molecule has 6 heteroatoms. The van der Waals surface area contributed by atoms with E-state index < -0.39 is 6.10 Å². The lowest BCUT2D eigenvalue weighted by Gasteiger charge is -2.14. The van der Waals surface area contributed by atoms with Crippen molar-refractivity contribution >= 4 is 38.3 Å². The average Bonchev–Trinajstić information content (AvgIpc) is 2.94. The van der Waals surface area contributed by atoms with Gasteiger partial charge < -0.3 is 14.7 Å². The van der Waals surface area contributed by atoms with E-state index >= 15 is 0 Å². The zero-order valence-corrected chi connectivity index (χ0v) is 12.1. The Bertz CT molecular complexity index is 589. The highest BCUT2D eigenvalue weighted by Gasteiger charge is 2.33. The van der Waals surface area contributed by atoms with E-state index in [0.29, 0.717) is 19.7 Å². The van der Waals surface area contributed by atoms with Crippen molar-refractivity contribution in [3.63, 3.8) is 0 Å². The predicted molar refractivity (Wildman–Crippen MR) is 78.3 cm³/mol. The van der Waals surface area contributed by atoms with E-state index in [-0.39, 0.29) is 6.10 Å². The van der Waals surface area contributed by atoms with Crippen LogP contribution in [-0.2, 0) is 4.74 Å². The average molecular weight is 299 g/mol. The van der Waals surface area contributed by atoms with Gasteiger partial charge in [-0.1, -0.05) is 22.9 Å². The van der Waals surface area contributed by atoms with Gasteiger partial charge in [-0.15, -0.1) is 0 Å². The Morgan fingerprint density at radius 2 is 2.37 bits per heavy atom. The van der Waals surface area contributed by atoms with Gasteiger partial charge >= 0.3 is 0 Å². The Labute approximate surface area is 120 Å². The van der Waals surface area contributed by atoms with E-state index in [1.54, 1.807) is 11.3 Å². The number of hydrogen-bond acceptors (Lipinski definition) is 5. The first-order valence-corrected chi connectivity index (χ1v) is 7.47. The zero-order chi connectivity index (χ0) is 13.4. The summed E-state index contributed by atoms with van der Waals surface area (Å²) < 4.78 is 6.59. The second-order valence-electron chi connectivity index (χ2n) is 4.57. The lowest BCUT2D eigenvalue weighted by atomic mass is 10.3. The first-order valence-electron chi connectivity index (χ1n) is 6.28. The molecule has 2 aromatic rings. The molecule has 1 aromatic heterocycles. The fraction of sp³-hybridized carbons (Fsp3) is 0.462. The molecule has 102 valence electrons. The summed E-state index contributed by atoms with van der Waals surface area (Å²) in [5.74, 6) is 0. The summed E-state index contributed by atoms with van der Waals surface area (Å²) in [4.78, 5) is 6.66. The summed E-state index contributed by atoms with van der Waals surface area (Å²) in [5.41, 5.74) is 0.943. The van der Waals surface area contributed by atoms with Crippen molar-refractivity contribution in [2.24, 2.45) is 0 Å². The smallest absolute Gasteiger partial charge is 0.186 e. The third kappa shape index (κ3) is 2.56. The number of anilines is 1. The number of halogens is 1. The minimum atomic E-state index is -0.449. The van der Waals surface area contributed by atoms with E-state index in [1.165, 1.54) is 0 Å². The Morgan fingerprint density at radius 3 is 3.16 bits per heavy atom. The van der Waals surface area contributed by atoms with E-state index in [9.17, 15) is 5.11 Å². The largest absolute Gasteiger partial charge is 0.388 e. The molecule has 0 spiro atoms. The summed E-state index contributed by atoms with van der Waals surface area (Å²) >= 11 is 7.58. The summed E-state index contributed by atoms with van der Waals surface area (Å²) in [6, 6.07) is 5.68. The van der Waals surface area contributed by atoms with Crippen LogP contribution in [0.25, 0.3) is 10.2 Å². The van der Waals surface area contributed by atoms with Gasteiger partial charge in [0.1, 0.15) is 6.10 Å². The second-order valence-corrected chi connectivity index (χ2v) is 6.02. The molecule has 0 unspecified atom stereocenters. The van der Waals surface area contributed by atoms with E-state index in [4.69, 9.17) is 16.3 Å². The topological polar surface area (TPSA) is 45.6 Å². The number of rotatable bonds is 3. The fourth-order valence-electron chi connectivity index (χ4n) is 2.31. The van der Waals surface area contributed by atoms with Gasteiger partial charge in [-0.3, -0.25) is 0 Å². The molecule has 3 rings (SSSR count). The van der Waals surface area contributed by atoms with Gasteiger partial charge in [0.15, 0.2) is 5.13 Å². The normalized spacial score (nSPS) is 23.4. The molecule has 2 atom stereocenters. The van der Waals surface area contributed by atoms with Gasteiger partial charge in [-0.2, -0.15) is 0 Å². The van der Waals surface area contributed by atoms with Gasteiger partial charge in [-0.05, 0) is 25.1 Å². The molecular weight excluding hydrogens is 284 g/mol. The first-order chi connectivity index (χ1) is 9.17. The van der Waals surface area contributed by atoms with Crippen LogP contribution in [0.1, 0.15) is 6.92 Å². The summed E-state index contributed by atoms with van der Waals surface area (Å²) in [5, 5.41) is 11.6. The molecule has 1 fully saturated rings. The molecule has 1 N–H and O–H groups in total. The van der Waals surface area contributed by atoms with Gasteiger partial charge in [0, 0.05) is 24.7 Å². The maximum absolute atomic E-state index is 9.96. The van der Waals surface area contributed by atoms with Crippen LogP contribution in [0.15, 0.2) is 18.2 Å². The van der Waals surface area contributed by atoms with E-state index in [2.05, 4.69) is 9.88 Å². The Morgan fingerprint density at radius 1 is 1.53 bits per heavy atom. The monoisotopic (exact) mass is 298 g/mol. The third-order valence-electron chi connectivity index (χ3n) is 3.23. The van der Waals surface area contributed by atoms with Gasteiger partial charge in [0.25, 0.3) is 0 Å². The van der Waals surface area contributed by atoms with Crippen molar-refractivity contribution in [1.82, 2.24) is 4.98 Å². The molecule has 2 heterocycles. The minimum Gasteiger partial charge on any atom is -0.388 e. The highest BCUT2D eigenvalue weighted by atomic mass is 35.5. The van der Waals surface area contributed by atoms with Crippen LogP contribution in [0.2, 0.25) is 5.02 Å². The number of aromatic nitrogens is 1. The van der Waals surface area contributed by atoms with Crippen molar-refractivity contribution in [2.45, 2.75) is 19.1 Å². The van der Waals surface area contributed by atoms with Crippen LogP contribution >= 0.6 is 22.9 Å². The van der Waals surface area contributed by atoms with Crippen molar-refractivity contribution < 1.29 is 9.84 Å². The minimum absolute atomic E-state index is 0.124. The molecule has 0 radical (unpaired) electrons. The van der Waals surface area contributed by atoms with Gasteiger partial charge in [0.2, 0.25) is 0 Å². The molecule has 1 aliphatic heterocycles. The van der Waals surface area contributed by atoms with Crippen molar-refractivity contribution in [3.05, 3.63) is 23.2 Å². The van der Waals surface area contributed by atoms with E-state index in [1.807, 2.05) is 25.1 Å². The molecule has 0 bridgehead atoms. The van der Waals surface area contributed by atoms with Crippen LogP contribution < -0.4 is 4.90 Å². The van der Waals surface area contributed by atoms with Crippen LogP contribution in [0.4, 0.5) is 5.13 Å². The standard InChI is InChI=1S/C13H15ClN2O2S/c1-2-18-11-7-16(6-10(11)17)13-15-9-4-3-8(14)5-12(9)19-13/h3-5,10-11,17H,2,6-7H2,1H3/t10-,11-/m0/s1. The Kier molecular flexibility index (Phi) is 3.62. The maximum Gasteiger partial charge on any atom is 0.186 e. The maximum atomic E-state index is 9.96. The van der Waals surface area contributed by atoms with Crippen molar-refractivity contribution in [2.75, 3.05) is 24.6 Å². The number of aliphatic hydroxyl groups excluding tert-OH is 1. The second kappa shape index (κ2) is 5.25. The molecule has 4 nitrogen and oxygen atoms in total. The van der Waals surface area contributed by atoms with Gasteiger partial charge in [0.05, 0.1) is 16.3 Å². The molecule has 1 aliphatic rings. The number of nitrogens with zero attached hydrogens (tertiary/aromatic N) is 2. The number of benzene rings is 1. The number of fused-ring (bicyclic) bond motifs is 1. The first kappa shape index (κ1) is 13.1. The number of β-amino-alcohol motifs (C(OH)–C–C–N with tert-alkyl or cyclic N) is 1. The number of thiazole rings is 1. The summed E-state index contributed by atoms with van der Waals surface area (Å²) in [7, 11) is 0. The number of ether oxygens (including phenoxy) is 1.